The van der Waals surface area contributed by atoms with Gasteiger partial charge in [-0.2, -0.15) is 13.2 Å². The molecule has 0 fully saturated rings. The Kier molecular flexibility index (Phi) is 3.12. The van der Waals surface area contributed by atoms with Crippen molar-refractivity contribution in [2.75, 3.05) is 0 Å². The summed E-state index contributed by atoms with van der Waals surface area (Å²) in [7, 11) is 1.33. The number of carbonyl (C=O) groups is 1. The van der Waals surface area contributed by atoms with E-state index in [1.807, 2.05) is 4.98 Å². The number of amides is 1. The number of rotatable bonds is 2. The molecule has 2 heterocycles. The zero-order valence-electron chi connectivity index (χ0n) is 9.96. The molecule has 8 nitrogen and oxygen atoms in total. The van der Waals surface area contributed by atoms with Crippen LogP contribution in [0.4, 0.5) is 13.2 Å². The number of carbonyl (C=O) groups excluding carboxylic acids is 1. The fourth-order valence-electron chi connectivity index (χ4n) is 1.50. The second-order valence-electron chi connectivity index (χ2n) is 3.88. The van der Waals surface area contributed by atoms with E-state index in [4.69, 9.17) is 0 Å². The van der Waals surface area contributed by atoms with Crippen LogP contribution in [0.1, 0.15) is 5.82 Å². The molecule has 2 aromatic rings. The summed E-state index contributed by atoms with van der Waals surface area (Å²) < 4.78 is 37.0. The first-order chi connectivity index (χ1) is 9.20. The molecule has 1 amide bonds. The summed E-state index contributed by atoms with van der Waals surface area (Å²) in [5, 5.41) is 1.60. The van der Waals surface area contributed by atoms with Crippen LogP contribution in [0.3, 0.4) is 0 Å². The highest BCUT2D eigenvalue weighted by Crippen LogP contribution is 2.14. The number of fused-ring (bicyclic) bond motifs is 1. The van der Waals surface area contributed by atoms with Gasteiger partial charge in [-0.1, -0.05) is 0 Å². The first-order valence-electron chi connectivity index (χ1n) is 5.23. The predicted octanol–water partition coefficient (Wildman–Crippen LogP) is -0.872. The van der Waals surface area contributed by atoms with Crippen LogP contribution in [0.25, 0.3) is 11.2 Å². The van der Waals surface area contributed by atoms with Gasteiger partial charge in [0.05, 0.1) is 6.54 Å². The van der Waals surface area contributed by atoms with Gasteiger partial charge in [0.25, 0.3) is 5.56 Å². The number of nitrogens with zero attached hydrogens (tertiary/aromatic N) is 2. The minimum Gasteiger partial charge on any atom is -0.341 e. The number of hydrogen-bond acceptors (Lipinski definition) is 4. The number of hydrogen-bond donors (Lipinski definition) is 3. The monoisotopic (exact) mass is 291 g/mol. The Morgan fingerprint density at radius 2 is 2.00 bits per heavy atom. The summed E-state index contributed by atoms with van der Waals surface area (Å²) in [5.41, 5.74) is -1.54. The van der Waals surface area contributed by atoms with E-state index in [-0.39, 0.29) is 17.0 Å². The average molecular weight is 291 g/mol. The molecule has 0 aliphatic carbocycles. The third-order valence-corrected chi connectivity index (χ3v) is 2.48. The van der Waals surface area contributed by atoms with Crippen molar-refractivity contribution in [1.29, 1.82) is 0 Å². The average Bonchev–Trinajstić information content (AvgIpc) is 2.76. The highest BCUT2D eigenvalue weighted by atomic mass is 19.4. The molecule has 0 saturated carbocycles. The standard InChI is InChI=1S/C9H8F3N5O3/c1-17-5-4(6(18)16-8(17)20)14-3(15-5)2-13-7(19)9(10,11)12/h2H2,1H3,(H,13,19)(H,14,15)(H,16,18,20). The molecule has 11 heteroatoms. The number of H-pyrrole nitrogens is 2. The molecule has 0 saturated heterocycles. The summed E-state index contributed by atoms with van der Waals surface area (Å²) in [4.78, 5) is 41.6. The van der Waals surface area contributed by atoms with Crippen LogP contribution < -0.4 is 16.6 Å². The molecular weight excluding hydrogens is 283 g/mol. The lowest BCUT2D eigenvalue weighted by Crippen LogP contribution is -2.36. The third-order valence-electron chi connectivity index (χ3n) is 2.48. The first kappa shape index (κ1) is 13.8. The molecule has 0 aliphatic rings. The number of halogens is 3. The Bertz CT molecular complexity index is 785. The maximum Gasteiger partial charge on any atom is 0.471 e. The number of imidazole rings is 1. The topological polar surface area (TPSA) is 113 Å². The highest BCUT2D eigenvalue weighted by Gasteiger charge is 2.38. The predicted molar refractivity (Wildman–Crippen MR) is 59.9 cm³/mol. The molecule has 0 atom stereocenters. The third kappa shape index (κ3) is 2.41. The number of alkyl halides is 3. The van der Waals surface area contributed by atoms with E-state index in [2.05, 4.69) is 9.97 Å². The van der Waals surface area contributed by atoms with Crippen LogP contribution >= 0.6 is 0 Å². The molecule has 2 aromatic heterocycles. The minimum absolute atomic E-state index is 0.0185. The van der Waals surface area contributed by atoms with Crippen LogP contribution in [-0.4, -0.2) is 31.6 Å². The molecule has 0 bridgehead atoms. The van der Waals surface area contributed by atoms with Crippen molar-refractivity contribution in [3.8, 4) is 0 Å². The molecular formula is C9H8F3N5O3. The highest BCUT2D eigenvalue weighted by molar-refractivity contribution is 5.81. The minimum atomic E-state index is -5.00. The SMILES string of the molecule is Cn1c(=O)[nH]c(=O)c2[nH]c(CNC(=O)C(F)(F)F)nc21. The van der Waals surface area contributed by atoms with Crippen molar-refractivity contribution in [3.05, 3.63) is 26.7 Å². The quantitative estimate of drug-likeness (QED) is 0.667. The Morgan fingerprint density at radius 1 is 1.35 bits per heavy atom. The van der Waals surface area contributed by atoms with E-state index < -0.39 is 29.9 Å². The molecule has 0 aliphatic heterocycles. The lowest BCUT2D eigenvalue weighted by molar-refractivity contribution is -0.173. The fraction of sp³-hybridized carbons (Fsp3) is 0.333. The molecule has 3 N–H and O–H groups in total. The van der Waals surface area contributed by atoms with Gasteiger partial charge in [-0.25, -0.2) is 9.78 Å². The molecule has 0 spiro atoms. The van der Waals surface area contributed by atoms with Crippen molar-refractivity contribution >= 4 is 17.1 Å². The van der Waals surface area contributed by atoms with Gasteiger partial charge < -0.3 is 10.3 Å². The summed E-state index contributed by atoms with van der Waals surface area (Å²) in [6, 6.07) is 0. The lowest BCUT2D eigenvalue weighted by atomic mass is 10.5. The molecule has 0 radical (unpaired) electrons. The van der Waals surface area contributed by atoms with Crippen LogP contribution in [0, 0.1) is 0 Å². The van der Waals surface area contributed by atoms with Crippen LogP contribution in [0.2, 0.25) is 0 Å². The van der Waals surface area contributed by atoms with Gasteiger partial charge in [-0.15, -0.1) is 0 Å². The Hall–Kier alpha value is -2.59. The Labute approximate surface area is 107 Å². The normalized spacial score (nSPS) is 11.8. The van der Waals surface area contributed by atoms with Gasteiger partial charge in [0, 0.05) is 7.05 Å². The van der Waals surface area contributed by atoms with Crippen molar-refractivity contribution in [3.63, 3.8) is 0 Å². The van der Waals surface area contributed by atoms with Gasteiger partial charge >= 0.3 is 17.8 Å². The van der Waals surface area contributed by atoms with E-state index >= 15 is 0 Å². The van der Waals surface area contributed by atoms with Gasteiger partial charge in [-0.3, -0.25) is 19.1 Å². The van der Waals surface area contributed by atoms with Crippen molar-refractivity contribution in [2.45, 2.75) is 12.7 Å². The Morgan fingerprint density at radius 3 is 2.60 bits per heavy atom. The van der Waals surface area contributed by atoms with E-state index in [1.54, 1.807) is 5.32 Å². The maximum absolute atomic E-state index is 12.0. The van der Waals surface area contributed by atoms with Crippen LogP contribution in [0.15, 0.2) is 9.59 Å². The van der Waals surface area contributed by atoms with Gasteiger partial charge in [0.2, 0.25) is 0 Å². The summed E-state index contributed by atoms with van der Waals surface area (Å²) in [6.45, 7) is -0.555. The Balaban J connectivity index is 2.32. The van der Waals surface area contributed by atoms with Gasteiger partial charge in [0.1, 0.15) is 11.3 Å². The second kappa shape index (κ2) is 4.51. The van der Waals surface area contributed by atoms with Crippen molar-refractivity contribution in [1.82, 2.24) is 24.8 Å². The largest absolute Gasteiger partial charge is 0.471 e. The zero-order chi connectivity index (χ0) is 15.1. The maximum atomic E-state index is 12.0. The van der Waals surface area contributed by atoms with Crippen molar-refractivity contribution in [2.24, 2.45) is 7.05 Å². The van der Waals surface area contributed by atoms with E-state index in [0.29, 0.717) is 0 Å². The molecule has 0 unspecified atom stereocenters. The second-order valence-corrected chi connectivity index (χ2v) is 3.88. The molecule has 20 heavy (non-hydrogen) atoms. The first-order valence-corrected chi connectivity index (χ1v) is 5.23. The molecule has 0 aromatic carbocycles. The lowest BCUT2D eigenvalue weighted by Gasteiger charge is -2.05. The van der Waals surface area contributed by atoms with E-state index in [0.717, 1.165) is 4.57 Å². The smallest absolute Gasteiger partial charge is 0.341 e. The number of aromatic amines is 2. The van der Waals surface area contributed by atoms with Crippen molar-refractivity contribution < 1.29 is 18.0 Å². The summed E-state index contributed by atoms with van der Waals surface area (Å²) in [5.74, 6) is -2.20. The summed E-state index contributed by atoms with van der Waals surface area (Å²) >= 11 is 0. The van der Waals surface area contributed by atoms with E-state index in [1.165, 1.54) is 7.05 Å². The van der Waals surface area contributed by atoms with Gasteiger partial charge in [0.15, 0.2) is 5.65 Å². The zero-order valence-corrected chi connectivity index (χ0v) is 9.96. The molecule has 2 rings (SSSR count). The fourth-order valence-corrected chi connectivity index (χ4v) is 1.50. The molecule has 108 valence electrons. The van der Waals surface area contributed by atoms with Crippen LogP contribution in [0.5, 0.6) is 0 Å². The van der Waals surface area contributed by atoms with E-state index in [9.17, 15) is 27.6 Å². The number of aryl methyl sites for hydroxylation is 1. The van der Waals surface area contributed by atoms with Crippen LogP contribution in [-0.2, 0) is 18.4 Å². The van der Waals surface area contributed by atoms with Gasteiger partial charge in [-0.05, 0) is 0 Å². The number of nitrogens with one attached hydrogen (secondary N) is 3. The number of aromatic nitrogens is 4. The summed E-state index contributed by atoms with van der Waals surface area (Å²) in [6.07, 6.45) is -5.00.